The number of hydrogen-bond acceptors (Lipinski definition) is 3. The Morgan fingerprint density at radius 1 is 1.31 bits per heavy atom. The summed E-state index contributed by atoms with van der Waals surface area (Å²) in [7, 11) is 0. The van der Waals surface area contributed by atoms with E-state index < -0.39 is 0 Å². The van der Waals surface area contributed by atoms with Gasteiger partial charge in [0.2, 0.25) is 0 Å². The van der Waals surface area contributed by atoms with Gasteiger partial charge in [-0.1, -0.05) is 46.0 Å². The topological polar surface area (TPSA) is 22.1 Å². The molecule has 1 heterocycles. The zero-order valence-corrected chi connectivity index (χ0v) is 10.1. The van der Waals surface area contributed by atoms with E-state index >= 15 is 0 Å². The van der Waals surface area contributed by atoms with Crippen LogP contribution in [0.5, 0.6) is 5.19 Å². The lowest BCUT2D eigenvalue weighted by Gasteiger charge is -1.95. The lowest BCUT2D eigenvalue weighted by molar-refractivity contribution is 0.316. The normalized spacial score (nSPS) is 7.46. The second-order valence-electron chi connectivity index (χ2n) is 1.65. The lowest BCUT2D eigenvalue weighted by atomic mass is 10.5. The van der Waals surface area contributed by atoms with Crippen LogP contribution in [0.15, 0.2) is 11.6 Å². The summed E-state index contributed by atoms with van der Waals surface area (Å²) < 4.78 is 5.20. The Kier molecular flexibility index (Phi) is 16.1. The van der Waals surface area contributed by atoms with Crippen molar-refractivity contribution in [2.24, 2.45) is 0 Å². The maximum Gasteiger partial charge on any atom is 0.273 e. The molecule has 0 fully saturated rings. The molecule has 2 nitrogen and oxygen atoms in total. The predicted molar refractivity (Wildman–Crippen MR) is 60.6 cm³/mol. The summed E-state index contributed by atoms with van der Waals surface area (Å²) in [5.41, 5.74) is 0. The maximum absolute atomic E-state index is 5.20. The van der Waals surface area contributed by atoms with Gasteiger partial charge in [0.25, 0.3) is 5.19 Å². The molecular formula is C10H21NOS. The van der Waals surface area contributed by atoms with Crippen molar-refractivity contribution in [3.05, 3.63) is 11.6 Å². The SMILES string of the molecule is CC.CC.CCCOc1nccs1. The minimum absolute atomic E-state index is 0.771. The van der Waals surface area contributed by atoms with Crippen molar-refractivity contribution in [3.8, 4) is 5.19 Å². The Balaban J connectivity index is 0. The number of nitrogens with zero attached hydrogens (tertiary/aromatic N) is 1. The van der Waals surface area contributed by atoms with Crippen LogP contribution in [0.25, 0.3) is 0 Å². The van der Waals surface area contributed by atoms with Gasteiger partial charge in [0, 0.05) is 11.6 Å². The summed E-state index contributed by atoms with van der Waals surface area (Å²) >= 11 is 1.53. The van der Waals surface area contributed by atoms with Crippen molar-refractivity contribution in [3.63, 3.8) is 0 Å². The second kappa shape index (κ2) is 14.0. The highest BCUT2D eigenvalue weighted by Crippen LogP contribution is 2.12. The molecular weight excluding hydrogens is 182 g/mol. The first-order valence-electron chi connectivity index (χ1n) is 4.95. The first kappa shape index (κ1) is 14.9. The highest BCUT2D eigenvalue weighted by molar-refractivity contribution is 7.11. The molecule has 0 aliphatic heterocycles. The van der Waals surface area contributed by atoms with Gasteiger partial charge < -0.3 is 4.74 Å². The van der Waals surface area contributed by atoms with E-state index in [1.807, 2.05) is 33.1 Å². The largest absolute Gasteiger partial charge is 0.470 e. The van der Waals surface area contributed by atoms with Crippen LogP contribution in [0.2, 0.25) is 0 Å². The molecule has 0 saturated carbocycles. The van der Waals surface area contributed by atoms with E-state index in [2.05, 4.69) is 11.9 Å². The van der Waals surface area contributed by atoms with Crippen molar-refractivity contribution in [2.75, 3.05) is 6.61 Å². The predicted octanol–water partition coefficient (Wildman–Crippen LogP) is 3.98. The third-order valence-corrected chi connectivity index (χ3v) is 1.52. The Hall–Kier alpha value is -0.570. The molecule has 3 heteroatoms. The van der Waals surface area contributed by atoms with Crippen molar-refractivity contribution in [1.29, 1.82) is 0 Å². The summed E-state index contributed by atoms with van der Waals surface area (Å²) in [6.07, 6.45) is 2.79. The average molecular weight is 203 g/mol. The smallest absolute Gasteiger partial charge is 0.273 e. The van der Waals surface area contributed by atoms with Crippen LogP contribution in [0, 0.1) is 0 Å². The molecule has 0 aromatic carbocycles. The van der Waals surface area contributed by atoms with Crippen LogP contribution in [-0.2, 0) is 0 Å². The van der Waals surface area contributed by atoms with Gasteiger partial charge in [-0.25, -0.2) is 4.98 Å². The van der Waals surface area contributed by atoms with Crippen LogP contribution >= 0.6 is 11.3 Å². The zero-order chi connectivity index (χ0) is 10.5. The van der Waals surface area contributed by atoms with Crippen molar-refractivity contribution < 1.29 is 4.74 Å². The van der Waals surface area contributed by atoms with Gasteiger partial charge in [-0.2, -0.15) is 0 Å². The van der Waals surface area contributed by atoms with E-state index in [1.54, 1.807) is 6.20 Å². The fourth-order valence-electron chi connectivity index (χ4n) is 0.471. The number of rotatable bonds is 3. The number of thiazole rings is 1. The minimum atomic E-state index is 0.771. The van der Waals surface area contributed by atoms with Crippen molar-refractivity contribution in [2.45, 2.75) is 41.0 Å². The molecule has 0 aliphatic carbocycles. The number of aromatic nitrogens is 1. The molecule has 0 unspecified atom stereocenters. The van der Waals surface area contributed by atoms with Crippen LogP contribution < -0.4 is 4.74 Å². The minimum Gasteiger partial charge on any atom is -0.470 e. The molecule has 13 heavy (non-hydrogen) atoms. The molecule has 0 atom stereocenters. The maximum atomic E-state index is 5.20. The van der Waals surface area contributed by atoms with E-state index in [9.17, 15) is 0 Å². The molecule has 78 valence electrons. The van der Waals surface area contributed by atoms with Gasteiger partial charge in [0.1, 0.15) is 0 Å². The first-order valence-corrected chi connectivity index (χ1v) is 5.83. The van der Waals surface area contributed by atoms with Crippen LogP contribution in [-0.4, -0.2) is 11.6 Å². The monoisotopic (exact) mass is 203 g/mol. The van der Waals surface area contributed by atoms with Gasteiger partial charge >= 0.3 is 0 Å². The molecule has 0 radical (unpaired) electrons. The molecule has 1 rings (SSSR count). The lowest BCUT2D eigenvalue weighted by Crippen LogP contribution is -1.93. The zero-order valence-electron chi connectivity index (χ0n) is 9.33. The standard InChI is InChI=1S/C6H9NOS.2C2H6/c1-2-4-8-6-7-3-5-9-6;2*1-2/h3,5H,2,4H2,1H3;2*1-2H3. The summed E-state index contributed by atoms with van der Waals surface area (Å²) in [6.45, 7) is 10.8. The highest BCUT2D eigenvalue weighted by Gasteiger charge is 1.90. The van der Waals surface area contributed by atoms with E-state index in [-0.39, 0.29) is 0 Å². The van der Waals surface area contributed by atoms with E-state index in [0.29, 0.717) is 0 Å². The van der Waals surface area contributed by atoms with Gasteiger partial charge in [-0.3, -0.25) is 0 Å². The van der Waals surface area contributed by atoms with Crippen molar-refractivity contribution in [1.82, 2.24) is 4.98 Å². The van der Waals surface area contributed by atoms with Gasteiger partial charge in [0.15, 0.2) is 0 Å². The van der Waals surface area contributed by atoms with Crippen LogP contribution in [0.3, 0.4) is 0 Å². The molecule has 0 spiro atoms. The molecule has 0 bridgehead atoms. The number of ether oxygens (including phenoxy) is 1. The molecule has 0 aliphatic rings. The molecule has 1 aromatic rings. The Morgan fingerprint density at radius 3 is 2.31 bits per heavy atom. The third-order valence-electron chi connectivity index (χ3n) is 0.839. The van der Waals surface area contributed by atoms with Crippen LogP contribution in [0.1, 0.15) is 41.0 Å². The molecule has 1 aromatic heterocycles. The van der Waals surface area contributed by atoms with E-state index in [4.69, 9.17) is 4.74 Å². The third kappa shape index (κ3) is 9.34. The number of hydrogen-bond donors (Lipinski definition) is 0. The summed E-state index contributed by atoms with van der Waals surface area (Å²) in [4.78, 5) is 3.95. The Labute approximate surface area is 86.0 Å². The fourth-order valence-corrected chi connectivity index (χ4v) is 0.982. The van der Waals surface area contributed by atoms with Gasteiger partial charge in [0.05, 0.1) is 6.61 Å². The van der Waals surface area contributed by atoms with E-state index in [0.717, 1.165) is 18.2 Å². The van der Waals surface area contributed by atoms with Crippen molar-refractivity contribution >= 4 is 11.3 Å². The Bertz CT molecular complexity index is 152. The van der Waals surface area contributed by atoms with E-state index in [1.165, 1.54) is 11.3 Å². The molecule has 0 N–H and O–H groups in total. The highest BCUT2D eigenvalue weighted by atomic mass is 32.1. The first-order chi connectivity index (χ1) is 6.43. The fraction of sp³-hybridized carbons (Fsp3) is 0.700. The molecule has 0 saturated heterocycles. The van der Waals surface area contributed by atoms with Gasteiger partial charge in [-0.15, -0.1) is 0 Å². The summed E-state index contributed by atoms with van der Waals surface area (Å²) in [5, 5.41) is 2.68. The second-order valence-corrected chi connectivity index (χ2v) is 2.50. The summed E-state index contributed by atoms with van der Waals surface area (Å²) in [6, 6.07) is 0. The Morgan fingerprint density at radius 2 is 1.92 bits per heavy atom. The quantitative estimate of drug-likeness (QED) is 0.741. The molecule has 0 amide bonds. The summed E-state index contributed by atoms with van der Waals surface area (Å²) in [5.74, 6) is 0. The van der Waals surface area contributed by atoms with Gasteiger partial charge in [-0.05, 0) is 6.42 Å². The van der Waals surface area contributed by atoms with Crippen LogP contribution in [0.4, 0.5) is 0 Å². The average Bonchev–Trinajstić information content (AvgIpc) is 2.73.